The highest BCUT2D eigenvalue weighted by atomic mass is 16.6. The van der Waals surface area contributed by atoms with Gasteiger partial charge in [-0.05, 0) is 46.0 Å². The van der Waals surface area contributed by atoms with Crippen LogP contribution in [0.15, 0.2) is 103 Å². The lowest BCUT2D eigenvalue weighted by Gasteiger charge is -2.15. The second-order valence-electron chi connectivity index (χ2n) is 8.22. The molecule has 0 heterocycles. The number of fused-ring (bicyclic) bond motifs is 3. The Kier molecular flexibility index (Phi) is 6.44. The molecule has 174 valence electrons. The fourth-order valence-corrected chi connectivity index (χ4v) is 4.30. The number of rotatable bonds is 6. The quantitative estimate of drug-likeness (QED) is 0.329. The predicted molar refractivity (Wildman–Crippen MR) is 135 cm³/mol. The molecule has 0 atom stereocenters. The van der Waals surface area contributed by atoms with Crippen molar-refractivity contribution < 1.29 is 19.1 Å². The summed E-state index contributed by atoms with van der Waals surface area (Å²) in [5.41, 5.74) is 6.56. The van der Waals surface area contributed by atoms with Crippen LogP contribution in [0.4, 0.5) is 21.0 Å². The van der Waals surface area contributed by atoms with Gasteiger partial charge < -0.3 is 9.47 Å². The number of hydrogen-bond donors (Lipinski definition) is 2. The topological polar surface area (TPSA) is 76.7 Å². The first-order valence-corrected chi connectivity index (χ1v) is 11.4. The molecule has 0 fully saturated rings. The summed E-state index contributed by atoms with van der Waals surface area (Å²) in [5, 5.41) is 5.40. The Balaban J connectivity index is 1.17. The molecule has 4 aromatic rings. The van der Waals surface area contributed by atoms with E-state index in [0.717, 1.165) is 16.7 Å². The first-order chi connectivity index (χ1) is 17.2. The Morgan fingerprint density at radius 1 is 0.629 bits per heavy atom. The summed E-state index contributed by atoms with van der Waals surface area (Å²) in [6.07, 6.45) is -1.14. The van der Waals surface area contributed by atoms with Crippen LogP contribution in [0.3, 0.4) is 0 Å². The lowest BCUT2D eigenvalue weighted by atomic mass is 9.98. The van der Waals surface area contributed by atoms with Crippen molar-refractivity contribution in [2.45, 2.75) is 12.5 Å². The van der Waals surface area contributed by atoms with Crippen LogP contribution in [0.1, 0.15) is 22.6 Å². The zero-order valence-corrected chi connectivity index (χ0v) is 18.9. The van der Waals surface area contributed by atoms with Crippen molar-refractivity contribution in [3.05, 3.63) is 120 Å². The van der Waals surface area contributed by atoms with Gasteiger partial charge in [-0.25, -0.2) is 9.59 Å². The normalized spacial score (nSPS) is 11.8. The van der Waals surface area contributed by atoms with E-state index in [-0.39, 0.29) is 19.1 Å². The highest BCUT2D eigenvalue weighted by Gasteiger charge is 2.29. The molecule has 0 radical (unpaired) electrons. The van der Waals surface area contributed by atoms with Crippen molar-refractivity contribution in [3.8, 4) is 11.1 Å². The van der Waals surface area contributed by atoms with Gasteiger partial charge in [0.15, 0.2) is 0 Å². The average molecular weight is 465 g/mol. The van der Waals surface area contributed by atoms with Gasteiger partial charge in [-0.2, -0.15) is 0 Å². The van der Waals surface area contributed by atoms with Crippen molar-refractivity contribution in [2.75, 3.05) is 17.2 Å². The van der Waals surface area contributed by atoms with Gasteiger partial charge in [-0.3, -0.25) is 10.6 Å². The summed E-state index contributed by atoms with van der Waals surface area (Å²) in [6, 6.07) is 32.6. The van der Waals surface area contributed by atoms with Crippen LogP contribution in [0.5, 0.6) is 0 Å². The zero-order valence-electron chi connectivity index (χ0n) is 18.9. The molecule has 1 aliphatic carbocycles. The largest absolute Gasteiger partial charge is 0.448 e. The molecule has 0 aromatic heterocycles. The molecular weight excluding hydrogens is 440 g/mol. The minimum Gasteiger partial charge on any atom is -0.448 e. The molecule has 0 saturated heterocycles. The van der Waals surface area contributed by atoms with Gasteiger partial charge >= 0.3 is 12.2 Å². The van der Waals surface area contributed by atoms with Crippen LogP contribution in [0.25, 0.3) is 11.1 Å². The molecule has 0 spiro atoms. The highest BCUT2D eigenvalue weighted by Crippen LogP contribution is 2.44. The summed E-state index contributed by atoms with van der Waals surface area (Å²) >= 11 is 0. The van der Waals surface area contributed by atoms with E-state index in [0.29, 0.717) is 11.4 Å². The van der Waals surface area contributed by atoms with Gasteiger partial charge in [-0.1, -0.05) is 84.9 Å². The minimum atomic E-state index is -0.577. The summed E-state index contributed by atoms with van der Waals surface area (Å²) in [6.45, 7) is 0.397. The summed E-state index contributed by atoms with van der Waals surface area (Å²) in [5.74, 6) is -0.0134. The Bertz CT molecular complexity index is 1310. The lowest BCUT2D eigenvalue weighted by Crippen LogP contribution is -2.18. The minimum absolute atomic E-state index is 0.0134. The van der Waals surface area contributed by atoms with Crippen molar-refractivity contribution in [3.63, 3.8) is 0 Å². The van der Waals surface area contributed by atoms with E-state index in [2.05, 4.69) is 34.9 Å². The Labute approximate surface area is 203 Å². The van der Waals surface area contributed by atoms with E-state index in [1.54, 1.807) is 24.3 Å². The number of carbonyl (C=O) groups is 2. The fraction of sp³-hybridized carbons (Fsp3) is 0.103. The average Bonchev–Trinajstić information content (AvgIpc) is 3.21. The molecule has 0 bridgehead atoms. The van der Waals surface area contributed by atoms with Crippen LogP contribution in [0.2, 0.25) is 0 Å². The molecule has 6 nitrogen and oxygen atoms in total. The van der Waals surface area contributed by atoms with Crippen LogP contribution in [-0.4, -0.2) is 18.8 Å². The van der Waals surface area contributed by atoms with Crippen molar-refractivity contribution >= 4 is 23.6 Å². The second-order valence-corrected chi connectivity index (χ2v) is 8.22. The second kappa shape index (κ2) is 10.1. The number of benzene rings is 4. The first-order valence-electron chi connectivity index (χ1n) is 11.4. The number of amides is 2. The van der Waals surface area contributed by atoms with Gasteiger partial charge in [-0.15, -0.1) is 0 Å². The van der Waals surface area contributed by atoms with Crippen molar-refractivity contribution in [1.82, 2.24) is 0 Å². The fourth-order valence-electron chi connectivity index (χ4n) is 4.30. The van der Waals surface area contributed by atoms with E-state index < -0.39 is 12.2 Å². The molecule has 0 aliphatic heterocycles. The van der Waals surface area contributed by atoms with Gasteiger partial charge in [0.1, 0.15) is 13.2 Å². The standard InChI is InChI=1S/C29H24N2O4/c32-28(34-18-20-9-2-1-3-10-20)30-21-11-8-12-22(17-21)31-29(33)35-19-27-25-15-6-4-13-23(25)24-14-5-7-16-26(24)27/h1-17,27H,18-19H2,(H,30,32)(H,31,33). The van der Waals surface area contributed by atoms with Gasteiger partial charge in [0.05, 0.1) is 0 Å². The molecule has 6 heteroatoms. The molecular formula is C29H24N2O4. The van der Waals surface area contributed by atoms with Crippen molar-refractivity contribution in [2.24, 2.45) is 0 Å². The zero-order chi connectivity index (χ0) is 24.0. The first kappa shape index (κ1) is 22.2. The monoisotopic (exact) mass is 464 g/mol. The third-order valence-corrected chi connectivity index (χ3v) is 5.91. The van der Waals surface area contributed by atoms with Gasteiger partial charge in [0, 0.05) is 17.3 Å². The number of carbonyl (C=O) groups excluding carboxylic acids is 2. The number of nitrogens with one attached hydrogen (secondary N) is 2. The Morgan fingerprint density at radius 3 is 1.80 bits per heavy atom. The van der Waals surface area contributed by atoms with Crippen LogP contribution < -0.4 is 10.6 Å². The van der Waals surface area contributed by atoms with E-state index in [1.165, 1.54) is 11.1 Å². The third kappa shape index (κ3) is 5.17. The molecule has 0 saturated carbocycles. The molecule has 5 rings (SSSR count). The van der Waals surface area contributed by atoms with E-state index in [4.69, 9.17) is 9.47 Å². The number of ether oxygens (including phenoxy) is 2. The molecule has 4 aromatic carbocycles. The SMILES string of the molecule is O=C(Nc1cccc(NC(=O)OCC2c3ccccc3-c3ccccc32)c1)OCc1ccccc1. The highest BCUT2D eigenvalue weighted by molar-refractivity contribution is 5.89. The van der Waals surface area contributed by atoms with E-state index >= 15 is 0 Å². The predicted octanol–water partition coefficient (Wildman–Crippen LogP) is 6.80. The van der Waals surface area contributed by atoms with Crippen LogP contribution >= 0.6 is 0 Å². The molecule has 35 heavy (non-hydrogen) atoms. The summed E-state index contributed by atoms with van der Waals surface area (Å²) in [4.78, 5) is 24.7. The third-order valence-electron chi connectivity index (χ3n) is 5.91. The summed E-state index contributed by atoms with van der Waals surface area (Å²) < 4.78 is 10.8. The van der Waals surface area contributed by atoms with Crippen LogP contribution in [-0.2, 0) is 16.1 Å². The maximum Gasteiger partial charge on any atom is 0.411 e. The van der Waals surface area contributed by atoms with Gasteiger partial charge in [0.25, 0.3) is 0 Å². The number of anilines is 2. The van der Waals surface area contributed by atoms with E-state index in [9.17, 15) is 9.59 Å². The molecule has 0 unspecified atom stereocenters. The maximum absolute atomic E-state index is 12.5. The molecule has 2 N–H and O–H groups in total. The Hall–Kier alpha value is -4.58. The number of hydrogen-bond acceptors (Lipinski definition) is 4. The van der Waals surface area contributed by atoms with E-state index in [1.807, 2.05) is 54.6 Å². The van der Waals surface area contributed by atoms with Gasteiger partial charge in [0.2, 0.25) is 0 Å². The molecule has 1 aliphatic rings. The Morgan fingerprint density at radius 2 is 1.17 bits per heavy atom. The lowest BCUT2D eigenvalue weighted by molar-refractivity contribution is 0.155. The summed E-state index contributed by atoms with van der Waals surface area (Å²) in [7, 11) is 0. The smallest absolute Gasteiger partial charge is 0.411 e. The van der Waals surface area contributed by atoms with Crippen LogP contribution in [0, 0.1) is 0 Å². The molecule has 2 amide bonds. The van der Waals surface area contributed by atoms with Crippen molar-refractivity contribution in [1.29, 1.82) is 0 Å². The maximum atomic E-state index is 12.5.